The van der Waals surface area contributed by atoms with Gasteiger partial charge in [0.05, 0.1) is 0 Å². The highest BCUT2D eigenvalue weighted by Gasteiger charge is 2.01. The topological polar surface area (TPSA) is 12.0 Å². The summed E-state index contributed by atoms with van der Waals surface area (Å²) in [6.07, 6.45) is 3.42. The minimum atomic E-state index is 1.07. The molecule has 0 saturated carbocycles. The molecule has 0 aromatic heterocycles. The lowest BCUT2D eigenvalue weighted by Crippen LogP contribution is -2.11. The van der Waals surface area contributed by atoms with E-state index < -0.39 is 0 Å². The molecule has 0 heterocycles. The van der Waals surface area contributed by atoms with Crippen molar-refractivity contribution in [2.24, 2.45) is 0 Å². The van der Waals surface area contributed by atoms with Gasteiger partial charge in [0, 0.05) is 0 Å². The predicted octanol–water partition coefficient (Wildman–Crippen LogP) is 2.57. The fraction of sp³-hybridized carbons (Fsp3) is 0.538. The van der Waals surface area contributed by atoms with Crippen LogP contribution in [0.4, 0.5) is 0 Å². The maximum atomic E-state index is 3.20. The first-order valence-electron chi connectivity index (χ1n) is 5.57. The van der Waals surface area contributed by atoms with Crippen molar-refractivity contribution in [1.29, 1.82) is 0 Å². The van der Waals surface area contributed by atoms with Gasteiger partial charge in [0.25, 0.3) is 0 Å². The monoisotopic (exact) mass is 191 g/mol. The molecule has 0 atom stereocenters. The summed E-state index contributed by atoms with van der Waals surface area (Å²) in [4.78, 5) is 0. The predicted molar refractivity (Wildman–Crippen MR) is 62.8 cm³/mol. The van der Waals surface area contributed by atoms with Crippen LogP contribution in [0.3, 0.4) is 0 Å². The number of nitrogens with one attached hydrogen (secondary N) is 1. The number of hydrogen-bond acceptors (Lipinski definition) is 1. The molecule has 0 aliphatic carbocycles. The SMILES string of the molecule is CCc1ccc(CC)c(CCNC)c1. The number of benzene rings is 1. The normalized spacial score (nSPS) is 10.5. The lowest BCUT2D eigenvalue weighted by Gasteiger charge is -2.09. The van der Waals surface area contributed by atoms with Gasteiger partial charge in [-0.15, -0.1) is 0 Å². The second kappa shape index (κ2) is 5.82. The fourth-order valence-electron chi connectivity index (χ4n) is 1.74. The average molecular weight is 191 g/mol. The Hall–Kier alpha value is -0.820. The Bertz CT molecular complexity index is 279. The minimum absolute atomic E-state index is 1.07. The zero-order valence-corrected chi connectivity index (χ0v) is 9.56. The van der Waals surface area contributed by atoms with Gasteiger partial charge >= 0.3 is 0 Å². The molecule has 0 aliphatic rings. The Morgan fingerprint density at radius 1 is 1.07 bits per heavy atom. The van der Waals surface area contributed by atoms with Gasteiger partial charge in [-0.2, -0.15) is 0 Å². The number of hydrogen-bond donors (Lipinski definition) is 1. The molecule has 0 radical (unpaired) electrons. The molecule has 0 aliphatic heterocycles. The third kappa shape index (κ3) is 2.85. The van der Waals surface area contributed by atoms with Crippen LogP contribution in [0.5, 0.6) is 0 Å². The molecule has 78 valence electrons. The molecule has 0 saturated heterocycles. The summed E-state index contributed by atoms with van der Waals surface area (Å²) in [5.74, 6) is 0. The van der Waals surface area contributed by atoms with Crippen LogP contribution in [-0.4, -0.2) is 13.6 Å². The third-order valence-corrected chi connectivity index (χ3v) is 2.70. The van der Waals surface area contributed by atoms with E-state index >= 15 is 0 Å². The van der Waals surface area contributed by atoms with E-state index in [4.69, 9.17) is 0 Å². The van der Waals surface area contributed by atoms with E-state index in [0.29, 0.717) is 0 Å². The van der Waals surface area contributed by atoms with E-state index in [1.54, 1.807) is 0 Å². The van der Waals surface area contributed by atoms with Gasteiger partial charge in [-0.3, -0.25) is 0 Å². The van der Waals surface area contributed by atoms with Crippen molar-refractivity contribution in [3.8, 4) is 0 Å². The first-order valence-corrected chi connectivity index (χ1v) is 5.57. The summed E-state index contributed by atoms with van der Waals surface area (Å²) >= 11 is 0. The summed E-state index contributed by atoms with van der Waals surface area (Å²) in [6.45, 7) is 5.51. The maximum Gasteiger partial charge on any atom is -0.00113 e. The molecule has 0 fully saturated rings. The van der Waals surface area contributed by atoms with Gasteiger partial charge < -0.3 is 5.32 Å². The molecule has 0 bridgehead atoms. The molecular weight excluding hydrogens is 170 g/mol. The van der Waals surface area contributed by atoms with E-state index in [0.717, 1.165) is 25.8 Å². The number of rotatable bonds is 5. The molecule has 1 N–H and O–H groups in total. The van der Waals surface area contributed by atoms with Crippen LogP contribution < -0.4 is 5.32 Å². The smallest absolute Gasteiger partial charge is 0.00113 e. The Labute approximate surface area is 87.5 Å². The van der Waals surface area contributed by atoms with Crippen molar-refractivity contribution in [1.82, 2.24) is 5.32 Å². The van der Waals surface area contributed by atoms with Crippen LogP contribution in [0.25, 0.3) is 0 Å². The van der Waals surface area contributed by atoms with Crippen LogP contribution in [-0.2, 0) is 19.3 Å². The molecule has 1 aromatic rings. The van der Waals surface area contributed by atoms with Crippen molar-refractivity contribution in [2.45, 2.75) is 33.1 Å². The summed E-state index contributed by atoms with van der Waals surface area (Å²) in [6, 6.07) is 6.89. The third-order valence-electron chi connectivity index (χ3n) is 2.70. The summed E-state index contributed by atoms with van der Waals surface area (Å²) in [5.41, 5.74) is 4.46. The Kier molecular flexibility index (Phi) is 4.68. The Balaban J connectivity index is 2.84. The zero-order valence-electron chi connectivity index (χ0n) is 9.56. The number of aryl methyl sites for hydroxylation is 2. The van der Waals surface area contributed by atoms with Crippen molar-refractivity contribution in [2.75, 3.05) is 13.6 Å². The highest BCUT2D eigenvalue weighted by molar-refractivity contribution is 5.32. The maximum absolute atomic E-state index is 3.20. The summed E-state index contributed by atoms with van der Waals surface area (Å²) < 4.78 is 0. The standard InChI is InChI=1S/C13H21N/c1-4-11-6-7-12(5-2)13(10-11)8-9-14-3/h6-7,10,14H,4-5,8-9H2,1-3H3. The Morgan fingerprint density at radius 3 is 2.43 bits per heavy atom. The van der Waals surface area contributed by atoms with Gasteiger partial charge in [-0.05, 0) is 49.5 Å². The second-order valence-electron chi connectivity index (χ2n) is 3.66. The van der Waals surface area contributed by atoms with E-state index in [9.17, 15) is 0 Å². The first kappa shape index (κ1) is 11.3. The summed E-state index contributed by atoms with van der Waals surface area (Å²) in [7, 11) is 2.01. The molecule has 1 aromatic carbocycles. The van der Waals surface area contributed by atoms with Gasteiger partial charge in [-0.25, -0.2) is 0 Å². The van der Waals surface area contributed by atoms with Gasteiger partial charge in [-0.1, -0.05) is 32.0 Å². The van der Waals surface area contributed by atoms with Crippen LogP contribution in [0.2, 0.25) is 0 Å². The highest BCUT2D eigenvalue weighted by Crippen LogP contribution is 2.13. The van der Waals surface area contributed by atoms with Crippen LogP contribution in [0.15, 0.2) is 18.2 Å². The Morgan fingerprint density at radius 2 is 1.86 bits per heavy atom. The van der Waals surface area contributed by atoms with E-state index in [2.05, 4.69) is 37.4 Å². The molecule has 14 heavy (non-hydrogen) atoms. The molecule has 1 heteroatoms. The molecule has 0 spiro atoms. The molecular formula is C13H21N. The number of likely N-dealkylation sites (N-methyl/N-ethyl adjacent to an activating group) is 1. The highest BCUT2D eigenvalue weighted by atomic mass is 14.8. The zero-order chi connectivity index (χ0) is 10.4. The molecule has 0 unspecified atom stereocenters. The summed E-state index contributed by atoms with van der Waals surface area (Å²) in [5, 5.41) is 3.20. The largest absolute Gasteiger partial charge is 0.319 e. The molecule has 1 nitrogen and oxygen atoms in total. The van der Waals surface area contributed by atoms with Gasteiger partial charge in [0.15, 0.2) is 0 Å². The van der Waals surface area contributed by atoms with Crippen molar-refractivity contribution >= 4 is 0 Å². The lowest BCUT2D eigenvalue weighted by atomic mass is 9.98. The van der Waals surface area contributed by atoms with Crippen molar-refractivity contribution in [3.05, 3.63) is 34.9 Å². The van der Waals surface area contributed by atoms with Crippen molar-refractivity contribution in [3.63, 3.8) is 0 Å². The molecule has 0 amide bonds. The fourth-order valence-corrected chi connectivity index (χ4v) is 1.74. The van der Waals surface area contributed by atoms with E-state index in [-0.39, 0.29) is 0 Å². The van der Waals surface area contributed by atoms with Gasteiger partial charge in [0.2, 0.25) is 0 Å². The minimum Gasteiger partial charge on any atom is -0.319 e. The van der Waals surface area contributed by atoms with Crippen LogP contribution in [0.1, 0.15) is 30.5 Å². The van der Waals surface area contributed by atoms with Crippen molar-refractivity contribution < 1.29 is 0 Å². The quantitative estimate of drug-likeness (QED) is 0.754. The second-order valence-corrected chi connectivity index (χ2v) is 3.66. The van der Waals surface area contributed by atoms with E-state index in [1.807, 2.05) is 7.05 Å². The van der Waals surface area contributed by atoms with Crippen LogP contribution in [0, 0.1) is 0 Å². The van der Waals surface area contributed by atoms with Crippen LogP contribution >= 0.6 is 0 Å². The lowest BCUT2D eigenvalue weighted by molar-refractivity contribution is 0.784. The molecule has 1 rings (SSSR count). The average Bonchev–Trinajstić information content (AvgIpc) is 2.25. The first-order chi connectivity index (χ1) is 6.81. The van der Waals surface area contributed by atoms with Gasteiger partial charge in [0.1, 0.15) is 0 Å². The van der Waals surface area contributed by atoms with E-state index in [1.165, 1.54) is 16.7 Å².